The van der Waals surface area contributed by atoms with E-state index >= 15 is 0 Å². The van der Waals surface area contributed by atoms with Crippen LogP contribution in [0, 0.1) is 11.8 Å². The van der Waals surface area contributed by atoms with Gasteiger partial charge in [0.25, 0.3) is 0 Å². The molecule has 0 bridgehead atoms. The Morgan fingerprint density at radius 1 is 1.22 bits per heavy atom. The zero-order valence-corrected chi connectivity index (χ0v) is 17.8. The summed E-state index contributed by atoms with van der Waals surface area (Å²) < 4.78 is 40.2. The molecule has 0 aliphatic carbocycles. The SMILES string of the molecule is CN=C(NCc1nnc2ccc(C(F)(F)F)cn12)N1CC(C)CC(C)C1.I. The van der Waals surface area contributed by atoms with Crippen LogP contribution in [0.25, 0.3) is 5.65 Å². The predicted molar refractivity (Wildman–Crippen MR) is 108 cm³/mol. The molecule has 2 aromatic heterocycles. The summed E-state index contributed by atoms with van der Waals surface area (Å²) in [5, 5.41) is 11.1. The number of rotatable bonds is 2. The van der Waals surface area contributed by atoms with Crippen LogP contribution in [0.1, 0.15) is 31.7 Å². The number of hydrogen-bond donors (Lipinski definition) is 1. The molecule has 2 aromatic rings. The van der Waals surface area contributed by atoms with E-state index in [1.54, 1.807) is 7.05 Å². The highest BCUT2D eigenvalue weighted by atomic mass is 127. The lowest BCUT2D eigenvalue weighted by atomic mass is 9.92. The quantitative estimate of drug-likeness (QED) is 0.394. The van der Waals surface area contributed by atoms with Gasteiger partial charge in [0.05, 0.1) is 12.1 Å². The number of hydrogen-bond acceptors (Lipinski definition) is 3. The van der Waals surface area contributed by atoms with Gasteiger partial charge < -0.3 is 10.2 Å². The maximum Gasteiger partial charge on any atom is 0.417 e. The van der Waals surface area contributed by atoms with Crippen LogP contribution in [-0.2, 0) is 12.7 Å². The Kier molecular flexibility index (Phi) is 6.92. The number of nitrogens with zero attached hydrogens (tertiary/aromatic N) is 5. The van der Waals surface area contributed by atoms with E-state index in [1.807, 2.05) is 0 Å². The molecular weight excluding hydrogens is 472 g/mol. The lowest BCUT2D eigenvalue weighted by Gasteiger charge is -2.37. The van der Waals surface area contributed by atoms with Crippen molar-refractivity contribution in [1.82, 2.24) is 24.8 Å². The van der Waals surface area contributed by atoms with Gasteiger partial charge in [-0.15, -0.1) is 34.2 Å². The fourth-order valence-corrected chi connectivity index (χ4v) is 3.55. The monoisotopic (exact) mass is 496 g/mol. The highest BCUT2D eigenvalue weighted by Gasteiger charge is 2.31. The van der Waals surface area contributed by atoms with Gasteiger partial charge in [0, 0.05) is 26.3 Å². The Morgan fingerprint density at radius 2 is 1.89 bits per heavy atom. The van der Waals surface area contributed by atoms with Crippen molar-refractivity contribution in [2.24, 2.45) is 16.8 Å². The average Bonchev–Trinajstić information content (AvgIpc) is 2.96. The van der Waals surface area contributed by atoms with Crippen LogP contribution in [-0.4, -0.2) is 45.6 Å². The third-order valence-corrected chi connectivity index (χ3v) is 4.59. The summed E-state index contributed by atoms with van der Waals surface area (Å²) in [5.74, 6) is 2.28. The molecule has 0 spiro atoms. The van der Waals surface area contributed by atoms with Gasteiger partial charge in [0.1, 0.15) is 0 Å². The molecule has 6 nitrogen and oxygen atoms in total. The molecule has 1 fully saturated rings. The molecule has 2 atom stereocenters. The van der Waals surface area contributed by atoms with Crippen LogP contribution < -0.4 is 5.32 Å². The van der Waals surface area contributed by atoms with Crippen LogP contribution in [0.4, 0.5) is 13.2 Å². The van der Waals surface area contributed by atoms with E-state index in [2.05, 4.69) is 39.3 Å². The predicted octanol–water partition coefficient (Wildman–Crippen LogP) is 3.42. The van der Waals surface area contributed by atoms with E-state index in [0.717, 1.165) is 31.3 Å². The Bertz CT molecular complexity index is 794. The minimum absolute atomic E-state index is 0. The van der Waals surface area contributed by atoms with Crippen molar-refractivity contribution < 1.29 is 13.2 Å². The molecule has 3 heterocycles. The van der Waals surface area contributed by atoms with Crippen LogP contribution in [0.2, 0.25) is 0 Å². The minimum Gasteiger partial charge on any atom is -0.349 e. The van der Waals surface area contributed by atoms with Crippen LogP contribution in [0.3, 0.4) is 0 Å². The maximum absolute atomic E-state index is 12.9. The Morgan fingerprint density at radius 3 is 2.48 bits per heavy atom. The Labute approximate surface area is 173 Å². The second-order valence-corrected chi connectivity index (χ2v) is 7.01. The highest BCUT2D eigenvalue weighted by molar-refractivity contribution is 14.0. The van der Waals surface area contributed by atoms with Crippen molar-refractivity contribution in [2.45, 2.75) is 33.0 Å². The van der Waals surface area contributed by atoms with E-state index in [1.165, 1.54) is 16.9 Å². The molecule has 0 radical (unpaired) electrons. The molecule has 0 aromatic carbocycles. The molecule has 3 rings (SSSR count). The number of pyridine rings is 1. The highest BCUT2D eigenvalue weighted by Crippen LogP contribution is 2.29. The van der Waals surface area contributed by atoms with E-state index in [-0.39, 0.29) is 30.5 Å². The maximum atomic E-state index is 12.9. The Hall–Kier alpha value is -1.59. The van der Waals surface area contributed by atoms with Crippen LogP contribution in [0.15, 0.2) is 23.3 Å². The molecule has 1 saturated heterocycles. The molecular formula is C17H24F3IN6. The number of likely N-dealkylation sites (tertiary alicyclic amines) is 1. The summed E-state index contributed by atoms with van der Waals surface area (Å²) in [6.45, 7) is 6.47. The van der Waals surface area contributed by atoms with Crippen molar-refractivity contribution in [3.63, 3.8) is 0 Å². The number of halogens is 4. The molecule has 27 heavy (non-hydrogen) atoms. The summed E-state index contributed by atoms with van der Waals surface area (Å²) >= 11 is 0. The summed E-state index contributed by atoms with van der Waals surface area (Å²) in [5.41, 5.74) is -0.348. The summed E-state index contributed by atoms with van der Waals surface area (Å²) in [4.78, 5) is 6.49. The zero-order chi connectivity index (χ0) is 18.9. The molecule has 10 heteroatoms. The van der Waals surface area contributed by atoms with Gasteiger partial charge in [0.15, 0.2) is 17.4 Å². The lowest BCUT2D eigenvalue weighted by Crippen LogP contribution is -2.48. The molecule has 1 aliphatic rings. The lowest BCUT2D eigenvalue weighted by molar-refractivity contribution is -0.137. The van der Waals surface area contributed by atoms with Crippen molar-refractivity contribution in [2.75, 3.05) is 20.1 Å². The molecule has 2 unspecified atom stereocenters. The van der Waals surface area contributed by atoms with Crippen molar-refractivity contribution in [1.29, 1.82) is 0 Å². The summed E-state index contributed by atoms with van der Waals surface area (Å²) in [6, 6.07) is 2.33. The second kappa shape index (κ2) is 8.61. The topological polar surface area (TPSA) is 57.8 Å². The van der Waals surface area contributed by atoms with Gasteiger partial charge in [-0.25, -0.2) is 0 Å². The fourth-order valence-electron chi connectivity index (χ4n) is 3.55. The number of aliphatic imine (C=N–C) groups is 1. The first-order valence-electron chi connectivity index (χ1n) is 8.64. The van der Waals surface area contributed by atoms with Crippen molar-refractivity contribution in [3.05, 3.63) is 29.7 Å². The smallest absolute Gasteiger partial charge is 0.349 e. The van der Waals surface area contributed by atoms with Gasteiger partial charge in [-0.05, 0) is 30.4 Å². The minimum atomic E-state index is -4.40. The summed E-state index contributed by atoms with van der Waals surface area (Å²) in [6.07, 6.45) is -2.19. The number of alkyl halides is 3. The Balaban J connectivity index is 0.00000261. The van der Waals surface area contributed by atoms with E-state index in [0.29, 0.717) is 23.3 Å². The fraction of sp³-hybridized carbons (Fsp3) is 0.588. The van der Waals surface area contributed by atoms with Crippen molar-refractivity contribution >= 4 is 35.6 Å². The number of nitrogens with one attached hydrogen (secondary N) is 1. The third kappa shape index (κ3) is 5.02. The van der Waals surface area contributed by atoms with Crippen LogP contribution >= 0.6 is 24.0 Å². The summed E-state index contributed by atoms with van der Waals surface area (Å²) in [7, 11) is 1.70. The van der Waals surface area contributed by atoms with Gasteiger partial charge in [-0.2, -0.15) is 13.2 Å². The second-order valence-electron chi connectivity index (χ2n) is 7.01. The van der Waals surface area contributed by atoms with E-state index in [9.17, 15) is 13.2 Å². The van der Waals surface area contributed by atoms with Crippen molar-refractivity contribution in [3.8, 4) is 0 Å². The first-order valence-corrected chi connectivity index (χ1v) is 8.64. The molecule has 150 valence electrons. The standard InChI is InChI=1S/C17H23F3N6.HI/c1-11-6-12(2)9-25(8-11)16(21-3)22-7-15-24-23-14-5-4-13(10-26(14)15)17(18,19)20;/h4-5,10-12H,6-9H2,1-3H3,(H,21,22);1H. The molecule has 1 aliphatic heterocycles. The third-order valence-electron chi connectivity index (χ3n) is 4.59. The average molecular weight is 496 g/mol. The van der Waals surface area contributed by atoms with E-state index in [4.69, 9.17) is 0 Å². The first kappa shape index (κ1) is 21.7. The normalized spacial score (nSPS) is 21.3. The van der Waals surface area contributed by atoms with Gasteiger partial charge in [0.2, 0.25) is 0 Å². The number of fused-ring (bicyclic) bond motifs is 1. The van der Waals surface area contributed by atoms with Gasteiger partial charge >= 0.3 is 6.18 Å². The van der Waals surface area contributed by atoms with Gasteiger partial charge in [-0.1, -0.05) is 13.8 Å². The molecule has 1 N–H and O–H groups in total. The molecule has 0 saturated carbocycles. The zero-order valence-electron chi connectivity index (χ0n) is 15.5. The largest absolute Gasteiger partial charge is 0.417 e. The van der Waals surface area contributed by atoms with Crippen LogP contribution in [0.5, 0.6) is 0 Å². The first-order chi connectivity index (χ1) is 12.3. The van der Waals surface area contributed by atoms with E-state index < -0.39 is 11.7 Å². The molecule has 0 amide bonds. The van der Waals surface area contributed by atoms with Gasteiger partial charge in [-0.3, -0.25) is 9.39 Å². The number of guanidine groups is 1. The number of aromatic nitrogens is 3. The number of piperidine rings is 1.